The van der Waals surface area contributed by atoms with Gasteiger partial charge in [0, 0.05) is 16.1 Å². The zero-order valence-corrected chi connectivity index (χ0v) is 11.5. The van der Waals surface area contributed by atoms with Crippen LogP contribution >= 0.6 is 11.6 Å². The highest BCUT2D eigenvalue weighted by molar-refractivity contribution is 6.30. The molecular weight excluding hydrogens is 292 g/mol. The predicted octanol–water partition coefficient (Wildman–Crippen LogP) is 3.79. The van der Waals surface area contributed by atoms with Crippen molar-refractivity contribution in [3.8, 4) is 34.3 Å². The second kappa shape index (κ2) is 4.79. The first-order valence-electron chi connectivity index (χ1n) is 6.29. The van der Waals surface area contributed by atoms with E-state index in [-0.39, 0.29) is 6.79 Å². The van der Waals surface area contributed by atoms with E-state index in [2.05, 4.69) is 10.1 Å². The van der Waals surface area contributed by atoms with Gasteiger partial charge in [-0.3, -0.25) is 0 Å². The fourth-order valence-corrected chi connectivity index (χ4v) is 2.21. The van der Waals surface area contributed by atoms with Gasteiger partial charge in [-0.1, -0.05) is 16.8 Å². The number of hydrogen-bond acceptors (Lipinski definition) is 5. The molecule has 1 aromatic heterocycles. The van der Waals surface area contributed by atoms with Crippen molar-refractivity contribution in [2.24, 2.45) is 0 Å². The second-order valence-corrected chi connectivity index (χ2v) is 4.93. The van der Waals surface area contributed by atoms with Crippen LogP contribution in [0.3, 0.4) is 0 Å². The molecule has 0 saturated heterocycles. The monoisotopic (exact) mass is 300 g/mol. The molecule has 0 amide bonds. The van der Waals surface area contributed by atoms with E-state index in [0.717, 1.165) is 16.9 Å². The van der Waals surface area contributed by atoms with Crippen LogP contribution in [0.1, 0.15) is 0 Å². The maximum Gasteiger partial charge on any atom is 0.258 e. The number of halogens is 1. The first-order valence-corrected chi connectivity index (χ1v) is 6.67. The Balaban J connectivity index is 1.69. The SMILES string of the molecule is Clc1ccc(-c2nc(-c3ccc4c(c3)OCO4)no2)cc1. The third kappa shape index (κ3) is 2.21. The zero-order valence-electron chi connectivity index (χ0n) is 10.7. The Morgan fingerprint density at radius 2 is 1.67 bits per heavy atom. The van der Waals surface area contributed by atoms with Gasteiger partial charge in [0.1, 0.15) is 0 Å². The van der Waals surface area contributed by atoms with Gasteiger partial charge in [-0.25, -0.2) is 0 Å². The van der Waals surface area contributed by atoms with Crippen LogP contribution in [-0.2, 0) is 0 Å². The highest BCUT2D eigenvalue weighted by Crippen LogP contribution is 2.35. The number of hydrogen-bond donors (Lipinski definition) is 0. The number of nitrogens with zero attached hydrogens (tertiary/aromatic N) is 2. The lowest BCUT2D eigenvalue weighted by Gasteiger charge is -1.97. The average Bonchev–Trinajstić information content (AvgIpc) is 3.16. The van der Waals surface area contributed by atoms with Crippen molar-refractivity contribution in [2.75, 3.05) is 6.79 Å². The summed E-state index contributed by atoms with van der Waals surface area (Å²) in [4.78, 5) is 4.39. The molecule has 3 aromatic rings. The van der Waals surface area contributed by atoms with Crippen molar-refractivity contribution in [1.29, 1.82) is 0 Å². The first-order chi connectivity index (χ1) is 10.3. The summed E-state index contributed by atoms with van der Waals surface area (Å²) in [5.74, 6) is 2.35. The van der Waals surface area contributed by atoms with E-state index < -0.39 is 0 Å². The summed E-state index contributed by atoms with van der Waals surface area (Å²) < 4.78 is 15.9. The van der Waals surface area contributed by atoms with Gasteiger partial charge in [-0.15, -0.1) is 0 Å². The van der Waals surface area contributed by atoms with Gasteiger partial charge in [-0.2, -0.15) is 4.98 Å². The fourth-order valence-electron chi connectivity index (χ4n) is 2.09. The van der Waals surface area contributed by atoms with Gasteiger partial charge in [0.25, 0.3) is 5.89 Å². The molecule has 0 N–H and O–H groups in total. The number of aromatic nitrogens is 2. The predicted molar refractivity (Wildman–Crippen MR) is 76.3 cm³/mol. The highest BCUT2D eigenvalue weighted by atomic mass is 35.5. The van der Waals surface area contributed by atoms with Crippen molar-refractivity contribution in [2.45, 2.75) is 0 Å². The second-order valence-electron chi connectivity index (χ2n) is 4.50. The van der Waals surface area contributed by atoms with Crippen LogP contribution in [0, 0.1) is 0 Å². The minimum atomic E-state index is 0.237. The summed E-state index contributed by atoms with van der Waals surface area (Å²) in [6.45, 7) is 0.237. The van der Waals surface area contributed by atoms with Crippen LogP contribution in [0.15, 0.2) is 47.0 Å². The van der Waals surface area contributed by atoms with E-state index in [9.17, 15) is 0 Å². The van der Waals surface area contributed by atoms with Crippen molar-refractivity contribution >= 4 is 11.6 Å². The van der Waals surface area contributed by atoms with Gasteiger partial charge in [0.05, 0.1) is 0 Å². The van der Waals surface area contributed by atoms with Gasteiger partial charge < -0.3 is 14.0 Å². The minimum Gasteiger partial charge on any atom is -0.454 e. The van der Waals surface area contributed by atoms with Crippen LogP contribution < -0.4 is 9.47 Å². The van der Waals surface area contributed by atoms with Gasteiger partial charge in [0.15, 0.2) is 11.5 Å². The Morgan fingerprint density at radius 3 is 2.52 bits per heavy atom. The molecule has 0 unspecified atom stereocenters. The van der Waals surface area contributed by atoms with E-state index in [4.69, 9.17) is 25.6 Å². The number of ether oxygens (including phenoxy) is 2. The van der Waals surface area contributed by atoms with Gasteiger partial charge >= 0.3 is 0 Å². The van der Waals surface area contributed by atoms with Crippen LogP contribution in [0.5, 0.6) is 11.5 Å². The number of benzene rings is 2. The zero-order chi connectivity index (χ0) is 14.2. The van der Waals surface area contributed by atoms with Crippen molar-refractivity contribution < 1.29 is 14.0 Å². The van der Waals surface area contributed by atoms with Crippen molar-refractivity contribution in [3.05, 3.63) is 47.5 Å². The lowest BCUT2D eigenvalue weighted by Crippen LogP contribution is -1.92. The van der Waals surface area contributed by atoms with Crippen molar-refractivity contribution in [3.63, 3.8) is 0 Å². The Labute approximate surface area is 125 Å². The molecule has 1 aliphatic heterocycles. The summed E-state index contributed by atoms with van der Waals surface area (Å²) in [5.41, 5.74) is 1.63. The molecule has 104 valence electrons. The Kier molecular flexibility index (Phi) is 2.79. The van der Waals surface area contributed by atoms with Crippen LogP contribution in [0.2, 0.25) is 5.02 Å². The Hall–Kier alpha value is -2.53. The molecule has 0 fully saturated rings. The molecule has 0 radical (unpaired) electrons. The largest absolute Gasteiger partial charge is 0.454 e. The summed E-state index contributed by atoms with van der Waals surface area (Å²) in [6.07, 6.45) is 0. The molecule has 6 heteroatoms. The molecule has 2 heterocycles. The lowest BCUT2D eigenvalue weighted by molar-refractivity contribution is 0.174. The van der Waals surface area contributed by atoms with E-state index >= 15 is 0 Å². The number of fused-ring (bicyclic) bond motifs is 1. The van der Waals surface area contributed by atoms with Crippen LogP contribution in [-0.4, -0.2) is 16.9 Å². The molecule has 21 heavy (non-hydrogen) atoms. The van der Waals surface area contributed by atoms with Crippen molar-refractivity contribution in [1.82, 2.24) is 10.1 Å². The molecule has 0 bridgehead atoms. The molecule has 0 atom stereocenters. The summed E-state index contributed by atoms with van der Waals surface area (Å²) in [7, 11) is 0. The quantitative estimate of drug-likeness (QED) is 0.720. The third-order valence-electron chi connectivity index (χ3n) is 3.15. The molecule has 0 saturated carbocycles. The van der Waals surface area contributed by atoms with E-state index in [1.807, 2.05) is 30.3 Å². The highest BCUT2D eigenvalue weighted by Gasteiger charge is 2.16. The van der Waals surface area contributed by atoms with Crippen LogP contribution in [0.4, 0.5) is 0 Å². The summed E-state index contributed by atoms with van der Waals surface area (Å²) in [6, 6.07) is 12.8. The van der Waals surface area contributed by atoms with E-state index in [0.29, 0.717) is 22.5 Å². The van der Waals surface area contributed by atoms with Gasteiger partial charge in [0.2, 0.25) is 12.6 Å². The normalized spacial score (nSPS) is 12.6. The summed E-state index contributed by atoms with van der Waals surface area (Å²) in [5, 5.41) is 4.66. The van der Waals surface area contributed by atoms with E-state index in [1.165, 1.54) is 0 Å². The third-order valence-corrected chi connectivity index (χ3v) is 3.40. The summed E-state index contributed by atoms with van der Waals surface area (Å²) >= 11 is 5.86. The Bertz CT molecular complexity index is 799. The topological polar surface area (TPSA) is 57.4 Å². The minimum absolute atomic E-state index is 0.237. The molecule has 2 aromatic carbocycles. The maximum atomic E-state index is 5.86. The smallest absolute Gasteiger partial charge is 0.258 e. The fraction of sp³-hybridized carbons (Fsp3) is 0.0667. The molecular formula is C15H9ClN2O3. The average molecular weight is 301 g/mol. The molecule has 0 aliphatic carbocycles. The van der Waals surface area contributed by atoms with E-state index in [1.54, 1.807) is 12.1 Å². The Morgan fingerprint density at radius 1 is 0.905 bits per heavy atom. The van der Waals surface area contributed by atoms with Gasteiger partial charge in [-0.05, 0) is 42.5 Å². The maximum absolute atomic E-state index is 5.86. The van der Waals surface area contributed by atoms with Crippen LogP contribution in [0.25, 0.3) is 22.8 Å². The molecule has 5 nitrogen and oxygen atoms in total. The first kappa shape index (κ1) is 12.2. The molecule has 1 aliphatic rings. The lowest BCUT2D eigenvalue weighted by atomic mass is 10.2. The molecule has 0 spiro atoms. The molecule has 4 rings (SSSR count). The standard InChI is InChI=1S/C15H9ClN2O3/c16-11-4-1-9(2-5-11)15-17-14(18-21-15)10-3-6-12-13(7-10)20-8-19-12/h1-7H,8H2. The number of rotatable bonds is 2.